The molecule has 1 atom stereocenters. The van der Waals surface area contributed by atoms with Crippen molar-refractivity contribution < 1.29 is 14.0 Å². The zero-order chi connectivity index (χ0) is 20.8. The molecule has 0 saturated heterocycles. The van der Waals surface area contributed by atoms with Crippen LogP contribution in [0.3, 0.4) is 0 Å². The Morgan fingerprint density at radius 1 is 1.17 bits per heavy atom. The Bertz CT molecular complexity index is 1010. The molecule has 29 heavy (non-hydrogen) atoms. The van der Waals surface area contributed by atoms with Gasteiger partial charge in [-0.1, -0.05) is 53.4 Å². The van der Waals surface area contributed by atoms with E-state index in [1.807, 2.05) is 19.1 Å². The zero-order valence-corrected chi connectivity index (χ0v) is 17.4. The summed E-state index contributed by atoms with van der Waals surface area (Å²) >= 11 is 2.60. The first-order chi connectivity index (χ1) is 13.9. The van der Waals surface area contributed by atoms with Gasteiger partial charge in [0, 0.05) is 18.2 Å². The van der Waals surface area contributed by atoms with Crippen molar-refractivity contribution in [3.63, 3.8) is 0 Å². The number of rotatable bonds is 8. The van der Waals surface area contributed by atoms with E-state index in [1.165, 1.54) is 42.2 Å². The fraction of sp³-hybridized carbons (Fsp3) is 0.200. The van der Waals surface area contributed by atoms with Gasteiger partial charge in [0.2, 0.25) is 11.0 Å². The van der Waals surface area contributed by atoms with Gasteiger partial charge in [0.15, 0.2) is 10.1 Å². The molecule has 0 fully saturated rings. The Labute approximate surface area is 175 Å². The van der Waals surface area contributed by atoms with E-state index in [0.717, 1.165) is 5.56 Å². The quantitative estimate of drug-likeness (QED) is 0.402. The Hall–Kier alpha value is -2.78. The van der Waals surface area contributed by atoms with Crippen LogP contribution < -0.4 is 10.6 Å². The van der Waals surface area contributed by atoms with Crippen LogP contribution in [0.4, 0.5) is 15.2 Å². The fourth-order valence-electron chi connectivity index (χ4n) is 2.56. The molecule has 2 aromatic carbocycles. The van der Waals surface area contributed by atoms with Crippen molar-refractivity contribution in [3.05, 3.63) is 65.5 Å². The van der Waals surface area contributed by atoms with Crippen LogP contribution in [0, 0.1) is 5.82 Å². The van der Waals surface area contributed by atoms with Crippen LogP contribution in [0.1, 0.15) is 35.8 Å². The number of Topliss-reactive ketones (excluding diaryl/α,β-unsaturated/α-hetero) is 1. The van der Waals surface area contributed by atoms with Crippen LogP contribution in [0.5, 0.6) is 0 Å². The normalized spacial score (nSPS) is 11.7. The largest absolute Gasteiger partial charge is 0.350 e. The van der Waals surface area contributed by atoms with E-state index in [1.54, 1.807) is 24.3 Å². The van der Waals surface area contributed by atoms with Gasteiger partial charge in [0.1, 0.15) is 5.82 Å². The first kappa shape index (κ1) is 20.9. The number of amides is 1. The predicted molar refractivity (Wildman–Crippen MR) is 113 cm³/mol. The number of halogens is 1. The molecule has 0 saturated carbocycles. The molecular formula is C20H19FN4O2S2. The highest BCUT2D eigenvalue weighted by atomic mass is 32.2. The molecule has 1 aromatic heterocycles. The van der Waals surface area contributed by atoms with E-state index in [0.29, 0.717) is 20.7 Å². The standard InChI is InChI=1S/C20H19FN4O2S2/c1-12(22-13(2)26)14-6-8-15(9-7-14)18(27)11-28-20-25-24-19(29-20)23-17-5-3-4-16(21)10-17/h3-10,12H,11H2,1-2H3,(H,22,26)(H,23,24). The lowest BCUT2D eigenvalue weighted by Gasteiger charge is -2.13. The molecule has 9 heteroatoms. The topological polar surface area (TPSA) is 84.0 Å². The van der Waals surface area contributed by atoms with Gasteiger partial charge in [-0.15, -0.1) is 10.2 Å². The molecule has 3 aromatic rings. The van der Waals surface area contributed by atoms with Crippen molar-refractivity contribution in [2.24, 2.45) is 0 Å². The molecule has 6 nitrogen and oxygen atoms in total. The van der Waals surface area contributed by atoms with Crippen LogP contribution in [0.25, 0.3) is 0 Å². The highest BCUT2D eigenvalue weighted by molar-refractivity contribution is 8.01. The molecule has 0 aliphatic heterocycles. The molecule has 0 aliphatic carbocycles. The smallest absolute Gasteiger partial charge is 0.217 e. The van der Waals surface area contributed by atoms with E-state index in [4.69, 9.17) is 0 Å². The van der Waals surface area contributed by atoms with Crippen molar-refractivity contribution >= 4 is 45.6 Å². The van der Waals surface area contributed by atoms with E-state index in [2.05, 4.69) is 20.8 Å². The molecule has 0 radical (unpaired) electrons. The molecule has 0 bridgehead atoms. The Morgan fingerprint density at radius 2 is 1.93 bits per heavy atom. The van der Waals surface area contributed by atoms with Crippen molar-refractivity contribution in [2.75, 3.05) is 11.1 Å². The maximum Gasteiger partial charge on any atom is 0.217 e. The minimum absolute atomic E-state index is 0.0245. The molecular weight excluding hydrogens is 411 g/mol. The average molecular weight is 431 g/mol. The van der Waals surface area contributed by atoms with E-state index in [-0.39, 0.29) is 29.3 Å². The molecule has 1 heterocycles. The van der Waals surface area contributed by atoms with Gasteiger partial charge >= 0.3 is 0 Å². The highest BCUT2D eigenvalue weighted by Gasteiger charge is 2.12. The molecule has 1 amide bonds. The van der Waals surface area contributed by atoms with Gasteiger partial charge in [-0.2, -0.15) is 0 Å². The number of nitrogens with zero attached hydrogens (tertiary/aromatic N) is 2. The number of nitrogens with one attached hydrogen (secondary N) is 2. The summed E-state index contributed by atoms with van der Waals surface area (Å²) < 4.78 is 13.9. The average Bonchev–Trinajstić information content (AvgIpc) is 3.13. The van der Waals surface area contributed by atoms with Crippen molar-refractivity contribution in [3.8, 4) is 0 Å². The number of ketones is 1. The third-order valence-corrected chi connectivity index (χ3v) is 5.93. The van der Waals surface area contributed by atoms with Gasteiger partial charge in [-0.05, 0) is 30.7 Å². The zero-order valence-electron chi connectivity index (χ0n) is 15.8. The van der Waals surface area contributed by atoms with E-state index in [9.17, 15) is 14.0 Å². The molecule has 3 rings (SSSR count). The summed E-state index contributed by atoms with van der Waals surface area (Å²) in [6.45, 7) is 3.36. The van der Waals surface area contributed by atoms with Gasteiger partial charge in [0.05, 0.1) is 11.8 Å². The first-order valence-corrected chi connectivity index (χ1v) is 10.6. The third kappa shape index (κ3) is 6.10. The lowest BCUT2D eigenvalue weighted by atomic mass is 10.0. The summed E-state index contributed by atoms with van der Waals surface area (Å²) in [7, 11) is 0. The second-order valence-electron chi connectivity index (χ2n) is 6.26. The molecule has 2 N–H and O–H groups in total. The van der Waals surface area contributed by atoms with Crippen molar-refractivity contribution in [1.82, 2.24) is 15.5 Å². The van der Waals surface area contributed by atoms with Crippen molar-refractivity contribution in [2.45, 2.75) is 24.2 Å². The number of aromatic nitrogens is 2. The third-order valence-electron chi connectivity index (χ3n) is 3.96. The minimum Gasteiger partial charge on any atom is -0.350 e. The van der Waals surface area contributed by atoms with Crippen LogP contribution >= 0.6 is 23.1 Å². The summed E-state index contributed by atoms with van der Waals surface area (Å²) in [5.74, 6) is -0.229. The van der Waals surface area contributed by atoms with Crippen LogP contribution in [0.15, 0.2) is 52.9 Å². The Kier molecular flexibility index (Phi) is 6.95. The second kappa shape index (κ2) is 9.62. The van der Waals surface area contributed by atoms with E-state index >= 15 is 0 Å². The number of carbonyl (C=O) groups excluding carboxylic acids is 2. The summed E-state index contributed by atoms with van der Waals surface area (Å²) in [4.78, 5) is 23.6. The lowest BCUT2D eigenvalue weighted by molar-refractivity contribution is -0.119. The summed E-state index contributed by atoms with van der Waals surface area (Å²) in [6, 6.07) is 13.2. The number of thioether (sulfide) groups is 1. The molecule has 150 valence electrons. The van der Waals surface area contributed by atoms with Gasteiger partial charge < -0.3 is 10.6 Å². The first-order valence-electron chi connectivity index (χ1n) is 8.80. The lowest BCUT2D eigenvalue weighted by Crippen LogP contribution is -2.23. The van der Waals surface area contributed by atoms with Crippen LogP contribution in [-0.2, 0) is 4.79 Å². The number of carbonyl (C=O) groups is 2. The van der Waals surface area contributed by atoms with E-state index < -0.39 is 0 Å². The minimum atomic E-state index is -0.336. The number of hydrogen-bond acceptors (Lipinski definition) is 7. The maximum atomic E-state index is 13.2. The fourth-order valence-corrected chi connectivity index (χ4v) is 4.23. The maximum absolute atomic E-state index is 13.2. The van der Waals surface area contributed by atoms with Gasteiger partial charge in [-0.3, -0.25) is 9.59 Å². The van der Waals surface area contributed by atoms with Crippen LogP contribution in [-0.4, -0.2) is 27.6 Å². The van der Waals surface area contributed by atoms with Crippen LogP contribution in [0.2, 0.25) is 0 Å². The Balaban J connectivity index is 1.54. The van der Waals surface area contributed by atoms with Crippen molar-refractivity contribution in [1.29, 1.82) is 0 Å². The summed E-state index contributed by atoms with van der Waals surface area (Å²) in [6.07, 6.45) is 0. The second-order valence-corrected chi connectivity index (χ2v) is 8.46. The van der Waals surface area contributed by atoms with Gasteiger partial charge in [-0.25, -0.2) is 4.39 Å². The highest BCUT2D eigenvalue weighted by Crippen LogP contribution is 2.28. The molecule has 0 aliphatic rings. The van der Waals surface area contributed by atoms with Gasteiger partial charge in [0.25, 0.3) is 0 Å². The molecule has 0 spiro atoms. The summed E-state index contributed by atoms with van der Waals surface area (Å²) in [5.41, 5.74) is 2.11. The number of anilines is 2. The SMILES string of the molecule is CC(=O)NC(C)c1ccc(C(=O)CSc2nnc(Nc3cccc(F)c3)s2)cc1. The predicted octanol–water partition coefficient (Wildman–Crippen LogP) is 4.59. The number of hydrogen-bond donors (Lipinski definition) is 2. The summed E-state index contributed by atoms with van der Waals surface area (Å²) in [5, 5.41) is 14.4. The number of benzene rings is 2. The molecule has 1 unspecified atom stereocenters. The Morgan fingerprint density at radius 3 is 2.62 bits per heavy atom. The monoisotopic (exact) mass is 430 g/mol.